The molecule has 0 saturated heterocycles. The van der Waals surface area contributed by atoms with Gasteiger partial charge >= 0.3 is 0 Å². The van der Waals surface area contributed by atoms with Crippen LogP contribution >= 0.6 is 0 Å². The standard InChI is InChI=1S/2C2H2O4.Dy/c2*3-1(4)2(5)6;/h2*(H,3,4)(H,5,6);/p-4. The molecule has 0 aliphatic carbocycles. The van der Waals surface area contributed by atoms with Crippen LogP contribution in [0.3, 0.4) is 0 Å². The van der Waals surface area contributed by atoms with Crippen molar-refractivity contribution in [3.8, 4) is 0 Å². The molecule has 9 heteroatoms. The van der Waals surface area contributed by atoms with Crippen LogP contribution in [0.15, 0.2) is 0 Å². The fourth-order valence-electron chi connectivity index (χ4n) is 0. The molecule has 0 heterocycles. The number of hydrogen-bond acceptors (Lipinski definition) is 8. The van der Waals surface area contributed by atoms with Gasteiger partial charge in [0.2, 0.25) is 0 Å². The third kappa shape index (κ3) is 18.3. The molecule has 0 aliphatic rings. The van der Waals surface area contributed by atoms with Crippen molar-refractivity contribution in [1.29, 1.82) is 0 Å². The first-order chi connectivity index (χ1) is 5.29. The van der Waals surface area contributed by atoms with Crippen molar-refractivity contribution in [2.75, 3.05) is 0 Å². The first-order valence-corrected chi connectivity index (χ1v) is 2.13. The zero-order valence-corrected chi connectivity index (χ0v) is 7.61. The van der Waals surface area contributed by atoms with E-state index in [-0.39, 0.29) is 38.2 Å². The van der Waals surface area contributed by atoms with Crippen molar-refractivity contribution in [3.05, 3.63) is 0 Å². The summed E-state index contributed by atoms with van der Waals surface area (Å²) in [5.74, 6) is -8.74. The quantitative estimate of drug-likeness (QED) is 0.394. The summed E-state index contributed by atoms with van der Waals surface area (Å²) in [6.45, 7) is 0. The topological polar surface area (TPSA) is 161 Å². The summed E-state index contributed by atoms with van der Waals surface area (Å²) in [7, 11) is 0. The van der Waals surface area contributed by atoms with E-state index in [0.717, 1.165) is 0 Å². The molecular weight excluding hydrogens is 339 g/mol. The van der Waals surface area contributed by atoms with E-state index in [2.05, 4.69) is 0 Å². The number of hydrogen-bond donors (Lipinski definition) is 0. The number of carboxylic acids is 4. The predicted octanol–water partition coefficient (Wildman–Crippen LogP) is -7.03. The van der Waals surface area contributed by atoms with Gasteiger partial charge in [0, 0.05) is 38.2 Å². The van der Waals surface area contributed by atoms with E-state index in [1.165, 1.54) is 0 Å². The second kappa shape index (κ2) is 9.24. The van der Waals surface area contributed by atoms with Crippen LogP contribution in [-0.2, 0) is 19.2 Å². The fourth-order valence-corrected chi connectivity index (χ4v) is 0. The molecule has 0 fully saturated rings. The van der Waals surface area contributed by atoms with Gasteiger partial charge in [-0.15, -0.1) is 0 Å². The maximum absolute atomic E-state index is 8.93. The summed E-state index contributed by atoms with van der Waals surface area (Å²) in [5.41, 5.74) is 0. The number of aliphatic carboxylic acids is 4. The summed E-state index contributed by atoms with van der Waals surface area (Å²) in [4.78, 5) is 35.7. The zero-order chi connectivity index (χ0) is 10.3. The molecule has 0 unspecified atom stereocenters. The molecule has 0 spiro atoms. The van der Waals surface area contributed by atoms with Gasteiger partial charge in [-0.05, 0) is 0 Å². The van der Waals surface area contributed by atoms with Crippen LogP contribution in [0.4, 0.5) is 0 Å². The molecule has 0 bridgehead atoms. The Hall–Kier alpha value is -0.847. The van der Waals surface area contributed by atoms with Crippen LogP contribution in [0.25, 0.3) is 0 Å². The van der Waals surface area contributed by atoms with Gasteiger partial charge in [-0.3, -0.25) is 0 Å². The predicted molar refractivity (Wildman–Crippen MR) is 20.0 cm³/mol. The van der Waals surface area contributed by atoms with Crippen molar-refractivity contribution in [1.82, 2.24) is 0 Å². The van der Waals surface area contributed by atoms with E-state index in [1.807, 2.05) is 0 Å². The summed E-state index contributed by atoms with van der Waals surface area (Å²) in [6, 6.07) is 0. The van der Waals surface area contributed by atoms with Gasteiger partial charge in [-0.1, -0.05) is 0 Å². The molecule has 0 rings (SSSR count). The number of carbonyl (C=O) groups excluding carboxylic acids is 4. The Morgan fingerprint density at radius 3 is 0.615 bits per heavy atom. The van der Waals surface area contributed by atoms with Gasteiger partial charge in [-0.25, -0.2) is 0 Å². The van der Waals surface area contributed by atoms with Crippen LogP contribution in [0.1, 0.15) is 0 Å². The van der Waals surface area contributed by atoms with Crippen molar-refractivity contribution in [2.45, 2.75) is 0 Å². The van der Waals surface area contributed by atoms with Gasteiger partial charge in [0.1, 0.15) is 0 Å². The molecule has 0 amide bonds. The van der Waals surface area contributed by atoms with Crippen LogP contribution in [-0.4, -0.2) is 23.9 Å². The molecular formula is C4DyO8-4. The van der Waals surface area contributed by atoms with E-state index < -0.39 is 23.9 Å². The molecule has 0 saturated carbocycles. The van der Waals surface area contributed by atoms with E-state index in [0.29, 0.717) is 0 Å². The van der Waals surface area contributed by atoms with E-state index in [1.54, 1.807) is 0 Å². The molecule has 78 valence electrons. The largest absolute Gasteiger partial charge is 0.543 e. The Kier molecular flexibility index (Phi) is 12.8. The average molecular weight is 339 g/mol. The van der Waals surface area contributed by atoms with Crippen molar-refractivity contribution >= 4 is 23.9 Å². The SMILES string of the molecule is O=C([O-])C(=O)[O-].O=C([O-])C(=O)[O-].[Dy]. The first kappa shape index (κ1) is 18.0. The molecule has 0 radical (unpaired) electrons. The summed E-state index contributed by atoms with van der Waals surface area (Å²) in [6.07, 6.45) is 0. The van der Waals surface area contributed by atoms with Crippen molar-refractivity contribution in [2.24, 2.45) is 0 Å². The minimum atomic E-state index is -2.19. The summed E-state index contributed by atoms with van der Waals surface area (Å²) >= 11 is 0. The summed E-state index contributed by atoms with van der Waals surface area (Å²) in [5, 5.41) is 35.7. The number of rotatable bonds is 0. The van der Waals surface area contributed by atoms with Crippen molar-refractivity contribution in [3.63, 3.8) is 0 Å². The van der Waals surface area contributed by atoms with Crippen LogP contribution in [0, 0.1) is 38.2 Å². The monoisotopic (exact) mass is 340 g/mol. The Balaban J connectivity index is -0.000000143. The third-order valence-electron chi connectivity index (χ3n) is 0.333. The van der Waals surface area contributed by atoms with E-state index in [9.17, 15) is 0 Å². The van der Waals surface area contributed by atoms with E-state index in [4.69, 9.17) is 39.6 Å². The number of carbonyl (C=O) groups is 4. The molecule has 0 aromatic rings. The average Bonchev–Trinajstić information content (AvgIpc) is 1.88. The van der Waals surface area contributed by atoms with Gasteiger partial charge in [0.25, 0.3) is 0 Å². The second-order valence-corrected chi connectivity index (χ2v) is 1.15. The maximum atomic E-state index is 8.93. The Morgan fingerprint density at radius 1 is 0.538 bits per heavy atom. The number of carboxylic acid groups (broad SMARTS) is 4. The fraction of sp³-hybridized carbons (Fsp3) is 0. The maximum Gasteiger partial charge on any atom is 0.0870 e. The molecule has 0 aliphatic heterocycles. The minimum Gasteiger partial charge on any atom is -0.543 e. The van der Waals surface area contributed by atoms with E-state index >= 15 is 0 Å². The van der Waals surface area contributed by atoms with Crippen molar-refractivity contribution < 1.29 is 77.8 Å². The Morgan fingerprint density at radius 2 is 0.615 bits per heavy atom. The third-order valence-corrected chi connectivity index (χ3v) is 0.333. The van der Waals surface area contributed by atoms with Gasteiger partial charge < -0.3 is 39.6 Å². The molecule has 13 heavy (non-hydrogen) atoms. The van der Waals surface area contributed by atoms with Gasteiger partial charge in [0.05, 0.1) is 23.9 Å². The second-order valence-electron chi connectivity index (χ2n) is 1.15. The van der Waals surface area contributed by atoms with Crippen LogP contribution < -0.4 is 20.4 Å². The first-order valence-electron chi connectivity index (χ1n) is 2.13. The van der Waals surface area contributed by atoms with Gasteiger partial charge in [0.15, 0.2) is 0 Å². The zero-order valence-electron chi connectivity index (χ0n) is 5.58. The molecule has 0 aromatic heterocycles. The normalized spacial score (nSPS) is 6.77. The van der Waals surface area contributed by atoms with Crippen LogP contribution in [0.5, 0.6) is 0 Å². The smallest absolute Gasteiger partial charge is 0.0870 e. The molecule has 0 aromatic carbocycles. The van der Waals surface area contributed by atoms with Gasteiger partial charge in [-0.2, -0.15) is 0 Å². The molecule has 8 nitrogen and oxygen atoms in total. The Labute approximate surface area is 101 Å². The van der Waals surface area contributed by atoms with Crippen LogP contribution in [0.2, 0.25) is 0 Å². The Bertz CT molecular complexity index is 172. The molecule has 0 atom stereocenters. The molecule has 0 N–H and O–H groups in total. The summed E-state index contributed by atoms with van der Waals surface area (Å²) < 4.78 is 0. The minimum absolute atomic E-state index is 0.